The minimum Gasteiger partial charge on any atom is -0.497 e. The summed E-state index contributed by atoms with van der Waals surface area (Å²) in [5.74, 6) is 0.156. The van der Waals surface area contributed by atoms with Crippen LogP contribution in [0, 0.1) is 11.6 Å². The van der Waals surface area contributed by atoms with Gasteiger partial charge in [-0.2, -0.15) is 4.37 Å². The highest BCUT2D eigenvalue weighted by Crippen LogP contribution is 2.32. The molecule has 2 N–H and O–H groups in total. The lowest BCUT2D eigenvalue weighted by Gasteiger charge is -2.08. The Labute approximate surface area is 223 Å². The van der Waals surface area contributed by atoms with E-state index in [1.807, 2.05) is 66.7 Å². The average Bonchev–Trinajstić information content (AvgIpc) is 3.34. The fourth-order valence-corrected chi connectivity index (χ4v) is 4.90. The Morgan fingerprint density at radius 2 is 1.47 bits per heavy atom. The molecular weight excluding hydrogens is 504 g/mol. The normalized spacial score (nSPS) is 10.9. The molecule has 5 aromatic rings. The number of ether oxygens (including phenoxy) is 1. The van der Waals surface area contributed by atoms with E-state index in [1.165, 1.54) is 23.7 Å². The van der Waals surface area contributed by atoms with Crippen molar-refractivity contribution in [3.63, 3.8) is 0 Å². The van der Waals surface area contributed by atoms with Crippen molar-refractivity contribution in [3.05, 3.63) is 102 Å². The molecule has 0 aliphatic heterocycles. The Morgan fingerprint density at radius 3 is 2.16 bits per heavy atom. The van der Waals surface area contributed by atoms with Crippen LogP contribution in [-0.2, 0) is 0 Å². The third-order valence-corrected chi connectivity index (χ3v) is 6.99. The Morgan fingerprint density at radius 1 is 0.816 bits per heavy atom. The number of carbonyl (C=O) groups excluding carboxylic acids is 1. The molecule has 0 saturated heterocycles. The first-order valence-corrected chi connectivity index (χ1v) is 12.9. The van der Waals surface area contributed by atoms with Gasteiger partial charge < -0.3 is 15.4 Å². The predicted molar refractivity (Wildman–Crippen MR) is 149 cm³/mol. The first-order chi connectivity index (χ1) is 18.5. The van der Waals surface area contributed by atoms with E-state index in [0.717, 1.165) is 33.0 Å². The van der Waals surface area contributed by atoms with E-state index in [1.54, 1.807) is 7.11 Å². The van der Waals surface area contributed by atoms with Gasteiger partial charge in [-0.15, -0.1) is 0 Å². The third-order valence-electron chi connectivity index (χ3n) is 6.17. The molecular formula is C30H25F2N3O2S. The highest BCUT2D eigenvalue weighted by molar-refractivity contribution is 7.13. The van der Waals surface area contributed by atoms with Crippen LogP contribution >= 0.6 is 11.5 Å². The monoisotopic (exact) mass is 529 g/mol. The minimum absolute atomic E-state index is 0.127. The van der Waals surface area contributed by atoms with Crippen LogP contribution in [0.4, 0.5) is 14.6 Å². The fraction of sp³-hybridized carbons (Fsp3) is 0.133. The number of methoxy groups -OCH3 is 1. The number of nitrogens with zero attached hydrogens (tertiary/aromatic N) is 1. The summed E-state index contributed by atoms with van der Waals surface area (Å²) >= 11 is 1.35. The van der Waals surface area contributed by atoms with Crippen molar-refractivity contribution in [2.24, 2.45) is 0 Å². The third kappa shape index (κ3) is 5.81. The maximum Gasteiger partial charge on any atom is 0.251 e. The number of hydrogen-bond donors (Lipinski definition) is 2. The lowest BCUT2D eigenvalue weighted by atomic mass is 10.0. The van der Waals surface area contributed by atoms with Gasteiger partial charge in [-0.1, -0.05) is 30.3 Å². The number of amides is 1. The van der Waals surface area contributed by atoms with E-state index in [-0.39, 0.29) is 5.91 Å². The molecule has 0 radical (unpaired) electrons. The Balaban J connectivity index is 1.14. The maximum absolute atomic E-state index is 13.7. The van der Waals surface area contributed by atoms with Crippen LogP contribution in [0.5, 0.6) is 5.75 Å². The second kappa shape index (κ2) is 11.4. The summed E-state index contributed by atoms with van der Waals surface area (Å²) in [7, 11) is 1.63. The van der Waals surface area contributed by atoms with Crippen molar-refractivity contribution < 1.29 is 18.3 Å². The van der Waals surface area contributed by atoms with Gasteiger partial charge in [-0.05, 0) is 88.7 Å². The standard InChI is InChI=1S/C30H25F2N3O2S/c1-37-26-10-7-20(8-11-26)19-3-5-21(6-4-19)30(36)34-14-2-13-33-29-27-17-22(9-12-28(27)38-35-29)23-15-24(31)18-25(32)16-23/h3-12,15-18H,2,13-14H2,1H3,(H,33,35)(H,34,36). The van der Waals surface area contributed by atoms with Crippen molar-refractivity contribution in [1.82, 2.24) is 9.69 Å². The van der Waals surface area contributed by atoms with Crippen molar-refractivity contribution >= 4 is 33.3 Å². The van der Waals surface area contributed by atoms with E-state index in [4.69, 9.17) is 4.74 Å². The van der Waals surface area contributed by atoms with Crippen molar-refractivity contribution in [2.75, 3.05) is 25.5 Å². The SMILES string of the molecule is COc1ccc(-c2ccc(C(=O)NCCCNc3nsc4ccc(-c5cc(F)cc(F)c5)cc34)cc2)cc1. The summed E-state index contributed by atoms with van der Waals surface area (Å²) in [4.78, 5) is 12.6. The summed E-state index contributed by atoms with van der Waals surface area (Å²) in [6.45, 7) is 1.11. The molecule has 8 heteroatoms. The molecule has 4 aromatic carbocycles. The van der Waals surface area contributed by atoms with Crippen molar-refractivity contribution in [3.8, 4) is 28.0 Å². The Hall–Kier alpha value is -4.30. The van der Waals surface area contributed by atoms with Gasteiger partial charge in [0.1, 0.15) is 23.2 Å². The van der Waals surface area contributed by atoms with E-state index in [9.17, 15) is 13.6 Å². The lowest BCUT2D eigenvalue weighted by Crippen LogP contribution is -2.25. The molecule has 0 aliphatic rings. The predicted octanol–water partition coefficient (Wildman–Crippen LogP) is 7.15. The summed E-state index contributed by atoms with van der Waals surface area (Å²) in [5, 5.41) is 7.14. The van der Waals surface area contributed by atoms with Gasteiger partial charge in [-0.3, -0.25) is 4.79 Å². The van der Waals surface area contributed by atoms with Crippen LogP contribution in [0.25, 0.3) is 32.3 Å². The zero-order chi connectivity index (χ0) is 26.5. The molecule has 192 valence electrons. The van der Waals surface area contributed by atoms with Crippen LogP contribution in [0.15, 0.2) is 84.9 Å². The number of halogens is 2. The maximum atomic E-state index is 13.7. The fourth-order valence-electron chi connectivity index (χ4n) is 4.16. The topological polar surface area (TPSA) is 63.2 Å². The molecule has 38 heavy (non-hydrogen) atoms. The summed E-state index contributed by atoms with van der Waals surface area (Å²) in [5.41, 5.74) is 3.86. The molecule has 0 atom stereocenters. The number of hydrogen-bond acceptors (Lipinski definition) is 5. The van der Waals surface area contributed by atoms with Crippen LogP contribution in [0.1, 0.15) is 16.8 Å². The van der Waals surface area contributed by atoms with Gasteiger partial charge in [-0.25, -0.2) is 8.78 Å². The molecule has 0 unspecified atom stereocenters. The smallest absolute Gasteiger partial charge is 0.251 e. The van der Waals surface area contributed by atoms with E-state index in [2.05, 4.69) is 15.0 Å². The molecule has 1 aromatic heterocycles. The molecule has 1 amide bonds. The number of nitrogens with one attached hydrogen (secondary N) is 2. The first kappa shape index (κ1) is 25.4. The number of rotatable bonds is 9. The van der Waals surface area contributed by atoms with E-state index >= 15 is 0 Å². The van der Waals surface area contributed by atoms with Crippen LogP contribution in [0.3, 0.4) is 0 Å². The summed E-state index contributed by atoms with van der Waals surface area (Å²) in [6, 6.07) is 24.4. The summed E-state index contributed by atoms with van der Waals surface area (Å²) in [6.07, 6.45) is 0.698. The summed E-state index contributed by atoms with van der Waals surface area (Å²) < 4.78 is 38.0. The second-order valence-electron chi connectivity index (χ2n) is 8.74. The molecule has 0 fully saturated rings. The molecule has 5 nitrogen and oxygen atoms in total. The second-order valence-corrected chi connectivity index (χ2v) is 9.55. The largest absolute Gasteiger partial charge is 0.497 e. The molecule has 1 heterocycles. The number of benzene rings is 4. The van der Waals surface area contributed by atoms with E-state index in [0.29, 0.717) is 42.0 Å². The number of aromatic nitrogens is 1. The lowest BCUT2D eigenvalue weighted by molar-refractivity contribution is 0.0953. The zero-order valence-corrected chi connectivity index (χ0v) is 21.4. The minimum atomic E-state index is -0.614. The Bertz CT molecular complexity index is 1550. The highest BCUT2D eigenvalue weighted by Gasteiger charge is 2.10. The molecule has 5 rings (SSSR count). The number of anilines is 1. The van der Waals surface area contributed by atoms with Crippen LogP contribution < -0.4 is 15.4 Å². The van der Waals surface area contributed by atoms with Gasteiger partial charge >= 0.3 is 0 Å². The van der Waals surface area contributed by atoms with Gasteiger partial charge in [0.25, 0.3) is 5.91 Å². The highest BCUT2D eigenvalue weighted by atomic mass is 32.1. The van der Waals surface area contributed by atoms with Crippen molar-refractivity contribution in [1.29, 1.82) is 0 Å². The van der Waals surface area contributed by atoms with Gasteiger partial charge in [0, 0.05) is 30.1 Å². The van der Waals surface area contributed by atoms with Crippen LogP contribution in [-0.4, -0.2) is 30.5 Å². The molecule has 0 saturated carbocycles. The molecule has 0 bridgehead atoms. The number of carbonyl (C=O) groups is 1. The van der Waals surface area contributed by atoms with Gasteiger partial charge in [0.2, 0.25) is 0 Å². The average molecular weight is 530 g/mol. The Kier molecular flexibility index (Phi) is 7.60. The van der Waals surface area contributed by atoms with Crippen molar-refractivity contribution in [2.45, 2.75) is 6.42 Å². The number of fused-ring (bicyclic) bond motifs is 1. The first-order valence-electron chi connectivity index (χ1n) is 12.1. The quantitative estimate of drug-likeness (QED) is 0.199. The zero-order valence-electron chi connectivity index (χ0n) is 20.6. The van der Waals surface area contributed by atoms with Gasteiger partial charge in [0.05, 0.1) is 11.8 Å². The molecule has 0 aliphatic carbocycles. The van der Waals surface area contributed by atoms with Crippen LogP contribution in [0.2, 0.25) is 0 Å². The molecule has 0 spiro atoms. The van der Waals surface area contributed by atoms with E-state index < -0.39 is 11.6 Å². The van der Waals surface area contributed by atoms with Gasteiger partial charge in [0.15, 0.2) is 0 Å².